The minimum atomic E-state index is -3.71. The number of hydrogen-bond donors (Lipinski definition) is 1. The summed E-state index contributed by atoms with van der Waals surface area (Å²) >= 11 is 1.05. The fourth-order valence-corrected chi connectivity index (χ4v) is 4.21. The molecular weight excluding hydrogens is 328 g/mol. The van der Waals surface area contributed by atoms with Gasteiger partial charge >= 0.3 is 0 Å². The van der Waals surface area contributed by atoms with Crippen LogP contribution in [0.2, 0.25) is 0 Å². The molecule has 3 rings (SSSR count). The summed E-state index contributed by atoms with van der Waals surface area (Å²) < 4.78 is 28.0. The monoisotopic (exact) mass is 346 g/mol. The van der Waals surface area contributed by atoms with Crippen molar-refractivity contribution in [2.24, 2.45) is 5.14 Å². The van der Waals surface area contributed by atoms with Crippen LogP contribution < -0.4 is 10.0 Å². The van der Waals surface area contributed by atoms with E-state index in [1.165, 1.54) is 6.20 Å². The van der Waals surface area contributed by atoms with Crippen molar-refractivity contribution < 1.29 is 17.9 Å². The topological polar surface area (TPSA) is 106 Å². The molecule has 2 saturated heterocycles. The molecule has 3 heterocycles. The van der Waals surface area contributed by atoms with Crippen molar-refractivity contribution in [1.82, 2.24) is 9.88 Å². The third-order valence-corrected chi connectivity index (χ3v) is 6.29. The first-order valence-corrected chi connectivity index (χ1v) is 9.45. The first-order valence-electron chi connectivity index (χ1n) is 7.09. The maximum atomic E-state index is 12.3. The van der Waals surface area contributed by atoms with Crippen LogP contribution in [0.1, 0.15) is 12.8 Å². The molecule has 22 heavy (non-hydrogen) atoms. The summed E-state index contributed by atoms with van der Waals surface area (Å²) in [5, 5.41) is 5.71. The van der Waals surface area contributed by atoms with Crippen LogP contribution in [0.4, 0.5) is 5.13 Å². The van der Waals surface area contributed by atoms with Crippen LogP contribution in [-0.2, 0) is 19.6 Å². The van der Waals surface area contributed by atoms with Gasteiger partial charge in [-0.15, -0.1) is 0 Å². The second-order valence-electron chi connectivity index (χ2n) is 5.32. The van der Waals surface area contributed by atoms with Crippen LogP contribution in [0.25, 0.3) is 0 Å². The molecule has 2 fully saturated rings. The Morgan fingerprint density at radius 3 is 2.64 bits per heavy atom. The molecule has 0 bridgehead atoms. The minimum absolute atomic E-state index is 0.0559. The molecule has 1 unspecified atom stereocenters. The summed E-state index contributed by atoms with van der Waals surface area (Å²) in [5.74, 6) is 0.0570. The van der Waals surface area contributed by atoms with Gasteiger partial charge in [0.05, 0.1) is 6.20 Å². The zero-order valence-electron chi connectivity index (χ0n) is 12.0. The minimum Gasteiger partial charge on any atom is -0.368 e. The molecule has 1 amide bonds. The molecule has 2 aliphatic rings. The first-order chi connectivity index (χ1) is 10.4. The SMILES string of the molecule is NS(=O)(=O)c1cnc(N2CCN(C(=O)C3CCCO3)CC2)s1. The average molecular weight is 346 g/mol. The number of amides is 1. The van der Waals surface area contributed by atoms with Gasteiger partial charge in [-0.2, -0.15) is 0 Å². The molecular formula is C12H18N4O4S2. The Hall–Kier alpha value is -1.23. The van der Waals surface area contributed by atoms with Crippen molar-refractivity contribution in [2.45, 2.75) is 23.2 Å². The number of aromatic nitrogens is 1. The summed E-state index contributed by atoms with van der Waals surface area (Å²) in [6, 6.07) is 0. The molecule has 122 valence electrons. The summed E-state index contributed by atoms with van der Waals surface area (Å²) in [6.45, 7) is 3.07. The van der Waals surface area contributed by atoms with Crippen molar-refractivity contribution >= 4 is 32.4 Å². The van der Waals surface area contributed by atoms with Gasteiger partial charge in [-0.05, 0) is 12.8 Å². The number of sulfonamides is 1. The highest BCUT2D eigenvalue weighted by atomic mass is 32.2. The molecule has 0 saturated carbocycles. The highest BCUT2D eigenvalue weighted by molar-refractivity contribution is 7.91. The van der Waals surface area contributed by atoms with Crippen LogP contribution in [-0.4, -0.2) is 63.1 Å². The van der Waals surface area contributed by atoms with Crippen molar-refractivity contribution in [1.29, 1.82) is 0 Å². The third-order valence-electron chi connectivity index (χ3n) is 3.82. The molecule has 0 radical (unpaired) electrons. The second-order valence-corrected chi connectivity index (χ2v) is 8.12. The molecule has 8 nitrogen and oxygen atoms in total. The van der Waals surface area contributed by atoms with E-state index in [1.54, 1.807) is 4.90 Å². The van der Waals surface area contributed by atoms with E-state index in [9.17, 15) is 13.2 Å². The third kappa shape index (κ3) is 3.24. The normalized spacial score (nSPS) is 23.0. The standard InChI is InChI=1S/C12H18N4O4S2/c13-22(18,19)10-8-14-12(21-10)16-5-3-15(4-6-16)11(17)9-2-1-7-20-9/h8-9H,1-7H2,(H2,13,18,19). The summed E-state index contributed by atoms with van der Waals surface area (Å²) in [7, 11) is -3.71. The zero-order chi connectivity index (χ0) is 15.7. The molecule has 2 aliphatic heterocycles. The Morgan fingerprint density at radius 2 is 2.09 bits per heavy atom. The van der Waals surface area contributed by atoms with Gasteiger partial charge in [0.1, 0.15) is 6.10 Å². The molecule has 0 spiro atoms. The van der Waals surface area contributed by atoms with Crippen LogP contribution >= 0.6 is 11.3 Å². The molecule has 0 aliphatic carbocycles. The number of nitrogens with two attached hydrogens (primary N) is 1. The Balaban J connectivity index is 1.59. The van der Waals surface area contributed by atoms with E-state index in [4.69, 9.17) is 9.88 Å². The lowest BCUT2D eigenvalue weighted by Gasteiger charge is -2.35. The molecule has 10 heteroatoms. The van der Waals surface area contributed by atoms with Crippen molar-refractivity contribution in [3.05, 3.63) is 6.20 Å². The Morgan fingerprint density at radius 1 is 1.36 bits per heavy atom. The quantitative estimate of drug-likeness (QED) is 0.800. The van der Waals surface area contributed by atoms with Gasteiger partial charge < -0.3 is 14.5 Å². The second kappa shape index (κ2) is 6.11. The van der Waals surface area contributed by atoms with Crippen molar-refractivity contribution in [2.75, 3.05) is 37.7 Å². The zero-order valence-corrected chi connectivity index (χ0v) is 13.6. The summed E-state index contributed by atoms with van der Waals surface area (Å²) in [6.07, 6.45) is 2.72. The lowest BCUT2D eigenvalue weighted by Crippen LogP contribution is -2.51. The van der Waals surface area contributed by atoms with E-state index in [0.717, 1.165) is 24.2 Å². The Kier molecular flexibility index (Phi) is 4.35. The maximum Gasteiger partial charge on any atom is 0.251 e. The lowest BCUT2D eigenvalue weighted by atomic mass is 10.2. The largest absolute Gasteiger partial charge is 0.368 e. The number of rotatable bonds is 3. The summed E-state index contributed by atoms with van der Waals surface area (Å²) in [4.78, 5) is 20.1. The molecule has 0 aromatic carbocycles. The number of piperazine rings is 1. The molecule has 2 N–H and O–H groups in total. The van der Waals surface area contributed by atoms with Gasteiger partial charge in [-0.3, -0.25) is 4.79 Å². The van der Waals surface area contributed by atoms with Crippen LogP contribution in [0, 0.1) is 0 Å². The number of thiazole rings is 1. The first kappa shape index (κ1) is 15.7. The Labute approximate surface area is 132 Å². The number of carbonyl (C=O) groups is 1. The maximum absolute atomic E-state index is 12.3. The highest BCUT2D eigenvalue weighted by Gasteiger charge is 2.31. The van der Waals surface area contributed by atoms with E-state index in [-0.39, 0.29) is 16.2 Å². The predicted molar refractivity (Wildman–Crippen MR) is 81.3 cm³/mol. The molecule has 1 atom stereocenters. The predicted octanol–water partition coefficient (Wildman–Crippen LogP) is -0.382. The van der Waals surface area contributed by atoms with Gasteiger partial charge in [0.2, 0.25) is 10.0 Å². The lowest BCUT2D eigenvalue weighted by molar-refractivity contribution is -0.141. The van der Waals surface area contributed by atoms with Crippen LogP contribution in [0.3, 0.4) is 0 Å². The number of carbonyl (C=O) groups excluding carboxylic acids is 1. The van der Waals surface area contributed by atoms with Crippen LogP contribution in [0.5, 0.6) is 0 Å². The van der Waals surface area contributed by atoms with Gasteiger partial charge in [0, 0.05) is 32.8 Å². The number of anilines is 1. The van der Waals surface area contributed by atoms with E-state index in [2.05, 4.69) is 4.98 Å². The smallest absolute Gasteiger partial charge is 0.251 e. The number of nitrogens with zero attached hydrogens (tertiary/aromatic N) is 3. The summed E-state index contributed by atoms with van der Waals surface area (Å²) in [5.41, 5.74) is 0. The molecule has 1 aromatic heterocycles. The number of primary sulfonamides is 1. The van der Waals surface area contributed by atoms with E-state index in [0.29, 0.717) is 37.9 Å². The van der Waals surface area contributed by atoms with E-state index >= 15 is 0 Å². The van der Waals surface area contributed by atoms with Gasteiger partial charge in [-0.1, -0.05) is 11.3 Å². The van der Waals surface area contributed by atoms with E-state index < -0.39 is 10.0 Å². The molecule has 1 aromatic rings. The number of hydrogen-bond acceptors (Lipinski definition) is 7. The van der Waals surface area contributed by atoms with Crippen molar-refractivity contribution in [3.8, 4) is 0 Å². The fraction of sp³-hybridized carbons (Fsp3) is 0.667. The van der Waals surface area contributed by atoms with E-state index in [1.807, 2.05) is 4.90 Å². The fourth-order valence-electron chi connectivity index (χ4n) is 2.62. The average Bonchev–Trinajstić information content (AvgIpc) is 3.17. The van der Waals surface area contributed by atoms with Gasteiger partial charge in [0.15, 0.2) is 9.34 Å². The highest BCUT2D eigenvalue weighted by Crippen LogP contribution is 2.26. The van der Waals surface area contributed by atoms with Crippen molar-refractivity contribution in [3.63, 3.8) is 0 Å². The van der Waals surface area contributed by atoms with Crippen LogP contribution in [0.15, 0.2) is 10.4 Å². The van der Waals surface area contributed by atoms with Gasteiger partial charge in [0.25, 0.3) is 5.91 Å². The number of ether oxygens (including phenoxy) is 1. The van der Waals surface area contributed by atoms with Gasteiger partial charge in [-0.25, -0.2) is 18.5 Å². The Bertz CT molecular complexity index is 646.